The van der Waals surface area contributed by atoms with Crippen molar-refractivity contribution in [2.24, 2.45) is 11.8 Å². The minimum atomic E-state index is -1.05. The van der Waals surface area contributed by atoms with Crippen molar-refractivity contribution in [3.63, 3.8) is 0 Å². The third kappa shape index (κ3) is 18.7. The molecule has 12 nitrogen and oxygen atoms in total. The summed E-state index contributed by atoms with van der Waals surface area (Å²) in [5, 5.41) is 28.6. The van der Waals surface area contributed by atoms with Crippen molar-refractivity contribution < 1.29 is 39.0 Å². The van der Waals surface area contributed by atoms with Gasteiger partial charge in [0, 0.05) is 25.9 Å². The van der Waals surface area contributed by atoms with E-state index in [9.17, 15) is 28.8 Å². The van der Waals surface area contributed by atoms with E-state index in [2.05, 4.69) is 21.3 Å². The van der Waals surface area contributed by atoms with E-state index in [1.54, 1.807) is 0 Å². The number of nitrogens with one attached hydrogen (secondary N) is 4. The molecule has 0 aromatic rings. The minimum Gasteiger partial charge on any atom is -0.481 e. The maximum Gasteiger partial charge on any atom is 0.303 e. The predicted molar refractivity (Wildman–Crippen MR) is 155 cm³/mol. The van der Waals surface area contributed by atoms with Crippen molar-refractivity contribution in [2.75, 3.05) is 13.1 Å². The van der Waals surface area contributed by atoms with Crippen molar-refractivity contribution in [3.8, 4) is 0 Å². The van der Waals surface area contributed by atoms with Crippen LogP contribution in [0.4, 0.5) is 0 Å². The van der Waals surface area contributed by atoms with E-state index in [1.165, 1.54) is 0 Å². The fraction of sp³-hybridized carbons (Fsp3) is 0.793. The third-order valence-electron chi connectivity index (χ3n) is 7.21. The van der Waals surface area contributed by atoms with Crippen LogP contribution in [0.1, 0.15) is 111 Å². The maximum atomic E-state index is 12.6. The van der Waals surface area contributed by atoms with Crippen LogP contribution in [0, 0.1) is 11.8 Å². The summed E-state index contributed by atoms with van der Waals surface area (Å²) in [7, 11) is 0. The summed E-state index contributed by atoms with van der Waals surface area (Å²) in [4.78, 5) is 70.5. The third-order valence-corrected chi connectivity index (χ3v) is 7.21. The highest BCUT2D eigenvalue weighted by Crippen LogP contribution is 2.11. The molecule has 4 atom stereocenters. The summed E-state index contributed by atoms with van der Waals surface area (Å²) in [6, 6.07) is -1.37. The second kappa shape index (κ2) is 22.5. The lowest BCUT2D eigenvalue weighted by Crippen LogP contribution is -2.50. The number of aliphatic carboxylic acids is 2. The summed E-state index contributed by atoms with van der Waals surface area (Å²) in [5.74, 6) is -3.64. The highest BCUT2D eigenvalue weighted by atomic mass is 16.4. The van der Waals surface area contributed by atoms with Gasteiger partial charge in [-0.3, -0.25) is 28.8 Å². The number of hydrogen-bond donors (Lipinski definition) is 6. The Morgan fingerprint density at radius 1 is 0.537 bits per heavy atom. The number of unbranched alkanes of at least 4 members (excludes halogenated alkanes) is 6. The van der Waals surface area contributed by atoms with Gasteiger partial charge in [0.15, 0.2) is 0 Å². The van der Waals surface area contributed by atoms with E-state index < -0.39 is 35.8 Å². The Labute approximate surface area is 244 Å². The number of carbonyl (C=O) groups excluding carboxylic acids is 4. The number of rotatable bonds is 24. The average molecular weight is 585 g/mol. The molecule has 0 aliphatic carbocycles. The van der Waals surface area contributed by atoms with Gasteiger partial charge < -0.3 is 31.5 Å². The monoisotopic (exact) mass is 584 g/mol. The molecular weight excluding hydrogens is 532 g/mol. The fourth-order valence-corrected chi connectivity index (χ4v) is 4.11. The van der Waals surface area contributed by atoms with Gasteiger partial charge in [0.1, 0.15) is 12.1 Å². The maximum absolute atomic E-state index is 12.6. The van der Waals surface area contributed by atoms with Crippen molar-refractivity contribution >= 4 is 35.6 Å². The largest absolute Gasteiger partial charge is 0.481 e. The van der Waals surface area contributed by atoms with Crippen LogP contribution in [0.3, 0.4) is 0 Å². The number of carbonyl (C=O) groups is 6. The lowest BCUT2D eigenvalue weighted by molar-refractivity contribution is -0.139. The molecule has 12 heteroatoms. The van der Waals surface area contributed by atoms with Crippen LogP contribution in [-0.4, -0.2) is 71.0 Å². The summed E-state index contributed by atoms with van der Waals surface area (Å²) in [5.41, 5.74) is 0. The van der Waals surface area contributed by atoms with Crippen molar-refractivity contribution in [1.82, 2.24) is 21.3 Å². The summed E-state index contributed by atoms with van der Waals surface area (Å²) in [6.07, 6.45) is 7.14. The first-order valence-electron chi connectivity index (χ1n) is 15.0. The van der Waals surface area contributed by atoms with E-state index in [-0.39, 0.29) is 49.3 Å². The van der Waals surface area contributed by atoms with E-state index >= 15 is 0 Å². The number of hydrogen-bond acceptors (Lipinski definition) is 6. The van der Waals surface area contributed by atoms with Gasteiger partial charge in [-0.25, -0.2) is 0 Å². The SMILES string of the molecule is CCC(C)[C@H](NC(=O)CCC(=O)O)C(=O)NCCCCCCCCCNC(=O)[C@@H](NC(=O)CCC(=O)O)C(C)CC. The molecule has 0 rings (SSSR count). The first-order valence-corrected chi connectivity index (χ1v) is 15.0. The molecular formula is C29H52N4O8. The van der Waals surface area contributed by atoms with E-state index in [1.807, 2.05) is 27.7 Å². The first-order chi connectivity index (χ1) is 19.4. The Bertz CT molecular complexity index is 770. The highest BCUT2D eigenvalue weighted by molar-refractivity contribution is 5.89. The quantitative estimate of drug-likeness (QED) is 0.0933. The molecule has 0 heterocycles. The topological polar surface area (TPSA) is 191 Å². The van der Waals surface area contributed by atoms with E-state index in [0.717, 1.165) is 44.9 Å². The molecule has 2 unspecified atom stereocenters. The Morgan fingerprint density at radius 3 is 1.15 bits per heavy atom. The van der Waals surface area contributed by atoms with Crippen LogP contribution >= 0.6 is 0 Å². The van der Waals surface area contributed by atoms with Crippen LogP contribution in [-0.2, 0) is 28.8 Å². The number of carboxylic acid groups (broad SMARTS) is 2. The lowest BCUT2D eigenvalue weighted by atomic mass is 9.98. The highest BCUT2D eigenvalue weighted by Gasteiger charge is 2.26. The zero-order valence-electron chi connectivity index (χ0n) is 25.3. The zero-order chi connectivity index (χ0) is 31.2. The van der Waals surface area contributed by atoms with Gasteiger partial charge in [0.05, 0.1) is 12.8 Å². The van der Waals surface area contributed by atoms with Gasteiger partial charge in [-0.15, -0.1) is 0 Å². The molecule has 0 spiro atoms. The van der Waals surface area contributed by atoms with Crippen LogP contribution in [0.25, 0.3) is 0 Å². The molecule has 0 aliphatic rings. The number of carboxylic acids is 2. The van der Waals surface area contributed by atoms with E-state index in [4.69, 9.17) is 10.2 Å². The molecule has 6 N–H and O–H groups in total. The van der Waals surface area contributed by atoms with Gasteiger partial charge in [0.25, 0.3) is 0 Å². The first kappa shape index (κ1) is 37.8. The Morgan fingerprint density at radius 2 is 0.854 bits per heavy atom. The smallest absolute Gasteiger partial charge is 0.303 e. The van der Waals surface area contributed by atoms with Gasteiger partial charge in [-0.1, -0.05) is 72.6 Å². The van der Waals surface area contributed by atoms with Crippen molar-refractivity contribution in [2.45, 2.75) is 123 Å². The molecule has 0 bridgehead atoms. The van der Waals surface area contributed by atoms with Crippen LogP contribution in [0.2, 0.25) is 0 Å². The summed E-state index contributed by atoms with van der Waals surface area (Å²) < 4.78 is 0. The summed E-state index contributed by atoms with van der Waals surface area (Å²) in [6.45, 7) is 8.62. The van der Waals surface area contributed by atoms with Crippen LogP contribution in [0.5, 0.6) is 0 Å². The second-order valence-corrected chi connectivity index (χ2v) is 10.7. The Kier molecular flexibility index (Phi) is 20.8. The fourth-order valence-electron chi connectivity index (χ4n) is 4.11. The van der Waals surface area contributed by atoms with Crippen molar-refractivity contribution in [1.29, 1.82) is 0 Å². The molecule has 0 saturated heterocycles. The lowest BCUT2D eigenvalue weighted by Gasteiger charge is -2.23. The Hall–Kier alpha value is -3.18. The normalized spacial score (nSPS) is 13.8. The van der Waals surface area contributed by atoms with Gasteiger partial charge in [0.2, 0.25) is 23.6 Å². The predicted octanol–water partition coefficient (Wildman–Crippen LogP) is 2.74. The molecule has 0 saturated carbocycles. The molecule has 4 amide bonds. The molecule has 0 aromatic carbocycles. The molecule has 0 fully saturated rings. The standard InChI is InChI=1S/C29H52N4O8/c1-5-20(3)26(32-22(34)14-16-24(36)37)28(40)30-18-12-10-8-7-9-11-13-19-31-29(41)27(21(4)6-2)33-23(35)15-17-25(38)39/h20-21,26-27H,5-19H2,1-4H3,(H,30,40)(H,31,41)(H,32,34)(H,33,35)(H,36,37)(H,38,39)/t20?,21?,26-,27-/m0/s1. The van der Waals surface area contributed by atoms with Gasteiger partial charge >= 0.3 is 11.9 Å². The molecule has 0 aliphatic heterocycles. The van der Waals surface area contributed by atoms with Gasteiger partial charge in [-0.2, -0.15) is 0 Å². The van der Waals surface area contributed by atoms with E-state index in [0.29, 0.717) is 25.9 Å². The summed E-state index contributed by atoms with van der Waals surface area (Å²) >= 11 is 0. The average Bonchev–Trinajstić information content (AvgIpc) is 2.93. The van der Waals surface area contributed by atoms with Crippen LogP contribution in [0.15, 0.2) is 0 Å². The molecule has 0 radical (unpaired) electrons. The molecule has 236 valence electrons. The molecule has 41 heavy (non-hydrogen) atoms. The van der Waals surface area contributed by atoms with Crippen molar-refractivity contribution in [3.05, 3.63) is 0 Å². The Balaban J connectivity index is 4.14. The van der Waals surface area contributed by atoms with Crippen LogP contribution < -0.4 is 21.3 Å². The molecule has 0 aromatic heterocycles. The van der Waals surface area contributed by atoms with Gasteiger partial charge in [-0.05, 0) is 24.7 Å². The second-order valence-electron chi connectivity index (χ2n) is 10.7. The minimum absolute atomic E-state index is 0.0722. The zero-order valence-corrected chi connectivity index (χ0v) is 25.3. The number of amides is 4.